The molecule has 0 heterocycles. The standard InChI is InChI=1S/C15H27N3O5/c1-8(16)13(21)18-9(2)11(19)6-10(7-12(17)20)14(22)23-15(3,4)5/h8-10H,6-7,16H2,1-5H3,(H2,17,20)(H,18,21)/t8-,9-,10-/m0/s1. The van der Waals surface area contributed by atoms with Gasteiger partial charge in [-0.05, 0) is 34.6 Å². The lowest BCUT2D eigenvalue weighted by Gasteiger charge is -2.24. The van der Waals surface area contributed by atoms with Gasteiger partial charge in [-0.15, -0.1) is 0 Å². The molecular formula is C15H27N3O5. The van der Waals surface area contributed by atoms with Gasteiger partial charge < -0.3 is 21.5 Å². The number of carbonyl (C=O) groups excluding carboxylic acids is 4. The Kier molecular flexibility index (Phi) is 7.88. The minimum absolute atomic E-state index is 0.252. The summed E-state index contributed by atoms with van der Waals surface area (Å²) in [4.78, 5) is 46.8. The number of nitrogens with two attached hydrogens (primary N) is 2. The summed E-state index contributed by atoms with van der Waals surface area (Å²) in [6.07, 6.45) is -0.549. The molecule has 0 aromatic carbocycles. The van der Waals surface area contributed by atoms with E-state index in [2.05, 4.69) is 5.32 Å². The molecule has 0 aromatic heterocycles. The third-order valence-electron chi connectivity index (χ3n) is 2.89. The van der Waals surface area contributed by atoms with Gasteiger partial charge in [0.1, 0.15) is 5.60 Å². The van der Waals surface area contributed by atoms with Crippen molar-refractivity contribution in [3.63, 3.8) is 0 Å². The molecule has 132 valence electrons. The molecule has 0 saturated carbocycles. The second kappa shape index (κ2) is 8.61. The minimum atomic E-state index is -0.978. The molecule has 0 fully saturated rings. The van der Waals surface area contributed by atoms with Crippen LogP contribution in [0.1, 0.15) is 47.5 Å². The van der Waals surface area contributed by atoms with Crippen LogP contribution in [0.5, 0.6) is 0 Å². The number of ether oxygens (including phenoxy) is 1. The van der Waals surface area contributed by atoms with Crippen LogP contribution in [0.15, 0.2) is 0 Å². The van der Waals surface area contributed by atoms with E-state index in [9.17, 15) is 19.2 Å². The van der Waals surface area contributed by atoms with E-state index in [1.165, 1.54) is 13.8 Å². The van der Waals surface area contributed by atoms with Crippen LogP contribution in [0.4, 0.5) is 0 Å². The number of rotatable bonds is 8. The van der Waals surface area contributed by atoms with Crippen molar-refractivity contribution in [2.45, 2.75) is 65.1 Å². The predicted molar refractivity (Wildman–Crippen MR) is 84.0 cm³/mol. The predicted octanol–water partition coefficient (Wildman–Crippen LogP) is -0.369. The molecule has 0 aromatic rings. The zero-order chi connectivity index (χ0) is 18.4. The van der Waals surface area contributed by atoms with Crippen molar-refractivity contribution in [1.29, 1.82) is 0 Å². The van der Waals surface area contributed by atoms with Gasteiger partial charge in [0.05, 0.1) is 18.0 Å². The molecule has 8 heteroatoms. The Labute approximate surface area is 136 Å². The quantitative estimate of drug-likeness (QED) is 0.519. The van der Waals surface area contributed by atoms with Gasteiger partial charge >= 0.3 is 5.97 Å². The van der Waals surface area contributed by atoms with Crippen LogP contribution in [0, 0.1) is 5.92 Å². The summed E-state index contributed by atoms with van der Waals surface area (Å²) in [6, 6.07) is -1.58. The van der Waals surface area contributed by atoms with Crippen LogP contribution in [0.3, 0.4) is 0 Å². The number of esters is 1. The molecule has 0 aliphatic heterocycles. The second-order valence-corrected chi connectivity index (χ2v) is 6.59. The second-order valence-electron chi connectivity index (χ2n) is 6.59. The third-order valence-corrected chi connectivity index (χ3v) is 2.89. The Balaban J connectivity index is 4.88. The summed E-state index contributed by atoms with van der Waals surface area (Å²) in [6.45, 7) is 8.01. The smallest absolute Gasteiger partial charge is 0.310 e. The Bertz CT molecular complexity index is 468. The summed E-state index contributed by atoms with van der Waals surface area (Å²) in [7, 11) is 0. The zero-order valence-corrected chi connectivity index (χ0v) is 14.3. The highest BCUT2D eigenvalue weighted by Gasteiger charge is 2.30. The number of hydrogen-bond acceptors (Lipinski definition) is 6. The van der Waals surface area contributed by atoms with Crippen molar-refractivity contribution >= 4 is 23.6 Å². The lowest BCUT2D eigenvalue weighted by molar-refractivity contribution is -0.162. The van der Waals surface area contributed by atoms with Crippen molar-refractivity contribution in [2.24, 2.45) is 17.4 Å². The first-order valence-electron chi connectivity index (χ1n) is 7.43. The van der Waals surface area contributed by atoms with E-state index in [0.717, 1.165) is 0 Å². The van der Waals surface area contributed by atoms with E-state index in [1.54, 1.807) is 20.8 Å². The molecular weight excluding hydrogens is 302 g/mol. The molecule has 0 rings (SSSR count). The van der Waals surface area contributed by atoms with Crippen LogP contribution in [-0.2, 0) is 23.9 Å². The van der Waals surface area contributed by atoms with Crippen LogP contribution < -0.4 is 16.8 Å². The molecule has 0 aliphatic rings. The van der Waals surface area contributed by atoms with E-state index in [0.29, 0.717) is 0 Å². The van der Waals surface area contributed by atoms with Crippen molar-refractivity contribution < 1.29 is 23.9 Å². The van der Waals surface area contributed by atoms with E-state index < -0.39 is 47.2 Å². The molecule has 8 nitrogen and oxygen atoms in total. The lowest BCUT2D eigenvalue weighted by atomic mass is 9.95. The molecule has 0 spiro atoms. The Morgan fingerprint density at radius 3 is 2.00 bits per heavy atom. The summed E-state index contributed by atoms with van der Waals surface area (Å²) in [5, 5.41) is 2.44. The largest absolute Gasteiger partial charge is 0.460 e. The first kappa shape index (κ1) is 21.0. The van der Waals surface area contributed by atoms with Crippen LogP contribution in [0.2, 0.25) is 0 Å². The monoisotopic (exact) mass is 329 g/mol. The number of Topliss-reactive ketones (excluding diaryl/α,β-unsaturated/α-hetero) is 1. The average Bonchev–Trinajstić information content (AvgIpc) is 2.34. The number of primary amides is 1. The van der Waals surface area contributed by atoms with E-state index in [1.807, 2.05) is 0 Å². The van der Waals surface area contributed by atoms with Gasteiger partial charge in [-0.25, -0.2) is 0 Å². The summed E-state index contributed by atoms with van der Waals surface area (Å²) in [5.74, 6) is -3.24. The van der Waals surface area contributed by atoms with Crippen molar-refractivity contribution in [3.8, 4) is 0 Å². The van der Waals surface area contributed by atoms with Gasteiger partial charge in [-0.3, -0.25) is 19.2 Å². The first-order valence-corrected chi connectivity index (χ1v) is 7.43. The van der Waals surface area contributed by atoms with Gasteiger partial charge in [0.15, 0.2) is 5.78 Å². The molecule has 2 amide bonds. The van der Waals surface area contributed by atoms with Gasteiger partial charge in [0.2, 0.25) is 11.8 Å². The summed E-state index contributed by atoms with van der Waals surface area (Å²) < 4.78 is 5.19. The Morgan fingerprint density at radius 2 is 1.61 bits per heavy atom. The zero-order valence-electron chi connectivity index (χ0n) is 14.3. The highest BCUT2D eigenvalue weighted by Crippen LogP contribution is 2.17. The van der Waals surface area contributed by atoms with Crippen molar-refractivity contribution in [3.05, 3.63) is 0 Å². The number of nitrogens with one attached hydrogen (secondary N) is 1. The molecule has 0 unspecified atom stereocenters. The number of carbonyl (C=O) groups is 4. The summed E-state index contributed by atoms with van der Waals surface area (Å²) in [5.41, 5.74) is 9.79. The van der Waals surface area contributed by atoms with E-state index in [4.69, 9.17) is 16.2 Å². The fourth-order valence-electron chi connectivity index (χ4n) is 1.71. The van der Waals surface area contributed by atoms with Crippen LogP contribution in [-0.4, -0.2) is 41.3 Å². The first-order chi connectivity index (χ1) is 10.3. The van der Waals surface area contributed by atoms with E-state index in [-0.39, 0.29) is 12.8 Å². The van der Waals surface area contributed by atoms with E-state index >= 15 is 0 Å². The topological polar surface area (TPSA) is 142 Å². The van der Waals surface area contributed by atoms with Crippen molar-refractivity contribution in [2.75, 3.05) is 0 Å². The maximum atomic E-state index is 12.1. The molecule has 23 heavy (non-hydrogen) atoms. The molecule has 0 saturated heterocycles. The van der Waals surface area contributed by atoms with Gasteiger partial charge in [0.25, 0.3) is 0 Å². The molecule has 5 N–H and O–H groups in total. The Hall–Kier alpha value is -1.96. The summed E-state index contributed by atoms with van der Waals surface area (Å²) >= 11 is 0. The number of ketones is 1. The minimum Gasteiger partial charge on any atom is -0.460 e. The van der Waals surface area contributed by atoms with Crippen molar-refractivity contribution in [1.82, 2.24) is 5.32 Å². The molecule has 0 aliphatic carbocycles. The van der Waals surface area contributed by atoms with Gasteiger partial charge in [0, 0.05) is 12.8 Å². The molecule has 3 atom stereocenters. The third kappa shape index (κ3) is 8.92. The van der Waals surface area contributed by atoms with Gasteiger partial charge in [-0.1, -0.05) is 0 Å². The van der Waals surface area contributed by atoms with Crippen LogP contribution in [0.25, 0.3) is 0 Å². The molecule has 0 bridgehead atoms. The van der Waals surface area contributed by atoms with Crippen LogP contribution >= 0.6 is 0 Å². The van der Waals surface area contributed by atoms with Gasteiger partial charge in [-0.2, -0.15) is 0 Å². The number of amides is 2. The maximum Gasteiger partial charge on any atom is 0.310 e. The fourth-order valence-corrected chi connectivity index (χ4v) is 1.71. The molecule has 0 radical (unpaired) electrons. The Morgan fingerprint density at radius 1 is 1.09 bits per heavy atom. The SMILES string of the molecule is C[C@H](N)C(=O)N[C@@H](C)C(=O)C[C@@H](CC(N)=O)C(=O)OC(C)(C)C. The normalized spacial score (nSPS) is 15.2. The highest BCUT2D eigenvalue weighted by molar-refractivity contribution is 5.93. The maximum absolute atomic E-state index is 12.1. The average molecular weight is 329 g/mol. The fraction of sp³-hybridized carbons (Fsp3) is 0.733. The number of hydrogen-bond donors (Lipinski definition) is 3. The highest BCUT2D eigenvalue weighted by atomic mass is 16.6. The lowest BCUT2D eigenvalue weighted by Crippen LogP contribution is -2.46.